The van der Waals surface area contributed by atoms with Crippen LogP contribution in [-0.4, -0.2) is 67.3 Å². The van der Waals surface area contributed by atoms with Gasteiger partial charge in [0.2, 0.25) is 0 Å². The molecule has 1 saturated heterocycles. The van der Waals surface area contributed by atoms with Crippen molar-refractivity contribution in [3.63, 3.8) is 0 Å². The van der Waals surface area contributed by atoms with Gasteiger partial charge in [0.1, 0.15) is 0 Å². The molecule has 0 aliphatic carbocycles. The van der Waals surface area contributed by atoms with Crippen molar-refractivity contribution in [1.29, 1.82) is 0 Å². The maximum absolute atomic E-state index is 12.6. The Morgan fingerprint density at radius 1 is 1.07 bits per heavy atom. The maximum Gasteiger partial charge on any atom is 0.321 e. The molecule has 3 rings (SSSR count). The molecule has 28 heavy (non-hydrogen) atoms. The van der Waals surface area contributed by atoms with Gasteiger partial charge in [0.05, 0.1) is 19.8 Å². The third-order valence-corrected chi connectivity index (χ3v) is 4.69. The zero-order valence-corrected chi connectivity index (χ0v) is 16.3. The number of piperazine rings is 1. The number of aromatic nitrogens is 1. The van der Waals surface area contributed by atoms with Gasteiger partial charge < -0.3 is 19.7 Å². The Hall–Kier alpha value is -2.48. The molecule has 1 aromatic carbocycles. The molecule has 2 amide bonds. The second-order valence-corrected chi connectivity index (χ2v) is 6.79. The first-order valence-corrected chi connectivity index (χ1v) is 9.57. The Labute approximate surface area is 166 Å². The lowest BCUT2D eigenvalue weighted by molar-refractivity contribution is 0.0617. The number of benzene rings is 1. The first kappa shape index (κ1) is 20.3. The number of pyridine rings is 1. The number of nitrogens with zero attached hydrogens (tertiary/aromatic N) is 3. The number of carbonyl (C=O) groups excluding carboxylic acids is 1. The number of amides is 2. The normalized spacial score (nSPS) is 14.8. The van der Waals surface area contributed by atoms with Gasteiger partial charge in [-0.05, 0) is 35.4 Å². The first-order valence-electron chi connectivity index (χ1n) is 9.57. The highest BCUT2D eigenvalue weighted by Crippen LogP contribution is 2.14. The molecule has 150 valence electrons. The molecular weight excluding hydrogens is 356 g/mol. The van der Waals surface area contributed by atoms with Crippen molar-refractivity contribution in [2.45, 2.75) is 13.2 Å². The van der Waals surface area contributed by atoms with E-state index in [1.807, 2.05) is 53.7 Å². The van der Waals surface area contributed by atoms with Gasteiger partial charge in [0.15, 0.2) is 0 Å². The van der Waals surface area contributed by atoms with E-state index in [4.69, 9.17) is 9.47 Å². The van der Waals surface area contributed by atoms with Crippen LogP contribution in [0.15, 0.2) is 48.8 Å². The third-order valence-electron chi connectivity index (χ3n) is 4.69. The van der Waals surface area contributed by atoms with Gasteiger partial charge in [-0.3, -0.25) is 9.88 Å². The Bertz CT molecular complexity index is 733. The van der Waals surface area contributed by atoms with Gasteiger partial charge >= 0.3 is 6.03 Å². The Kier molecular flexibility index (Phi) is 7.78. The summed E-state index contributed by atoms with van der Waals surface area (Å²) in [7, 11) is 1.65. The fourth-order valence-electron chi connectivity index (χ4n) is 3.13. The molecule has 1 aliphatic rings. The minimum Gasteiger partial charge on any atom is -0.382 e. The van der Waals surface area contributed by atoms with E-state index in [2.05, 4.69) is 15.2 Å². The van der Waals surface area contributed by atoms with Crippen LogP contribution in [0.5, 0.6) is 0 Å². The molecule has 1 aliphatic heterocycles. The van der Waals surface area contributed by atoms with E-state index in [0.717, 1.165) is 44.0 Å². The van der Waals surface area contributed by atoms with Crippen molar-refractivity contribution < 1.29 is 14.3 Å². The lowest BCUT2D eigenvalue weighted by Gasteiger charge is -2.34. The molecule has 7 heteroatoms. The summed E-state index contributed by atoms with van der Waals surface area (Å²) in [4.78, 5) is 20.9. The van der Waals surface area contributed by atoms with Gasteiger partial charge in [-0.1, -0.05) is 12.1 Å². The van der Waals surface area contributed by atoms with Gasteiger partial charge in [-0.15, -0.1) is 0 Å². The van der Waals surface area contributed by atoms with Crippen LogP contribution in [0.4, 0.5) is 10.5 Å². The number of urea groups is 1. The quantitative estimate of drug-likeness (QED) is 0.709. The molecule has 0 spiro atoms. The average Bonchev–Trinajstić information content (AvgIpc) is 2.73. The summed E-state index contributed by atoms with van der Waals surface area (Å²) in [5.74, 6) is 0. The van der Waals surface area contributed by atoms with Crippen LogP contribution >= 0.6 is 0 Å². The van der Waals surface area contributed by atoms with Crippen LogP contribution in [0.3, 0.4) is 0 Å². The van der Waals surface area contributed by atoms with Crippen molar-refractivity contribution in [3.8, 4) is 0 Å². The molecular formula is C21H28N4O3. The van der Waals surface area contributed by atoms with E-state index in [-0.39, 0.29) is 6.03 Å². The summed E-state index contributed by atoms with van der Waals surface area (Å²) >= 11 is 0. The van der Waals surface area contributed by atoms with E-state index in [9.17, 15) is 4.79 Å². The zero-order chi connectivity index (χ0) is 19.6. The molecule has 0 atom stereocenters. The maximum atomic E-state index is 12.6. The summed E-state index contributed by atoms with van der Waals surface area (Å²) < 4.78 is 10.5. The van der Waals surface area contributed by atoms with E-state index in [1.54, 1.807) is 7.11 Å². The summed E-state index contributed by atoms with van der Waals surface area (Å²) in [5.41, 5.74) is 3.06. The third kappa shape index (κ3) is 6.30. The SMILES string of the molecule is COCCOCc1cccc(NC(=O)N2CCN(Cc3ccncc3)CC2)c1. The monoisotopic (exact) mass is 384 g/mol. The second-order valence-electron chi connectivity index (χ2n) is 6.79. The van der Waals surface area contributed by atoms with Gasteiger partial charge in [-0.2, -0.15) is 0 Å². The summed E-state index contributed by atoms with van der Waals surface area (Å²) in [6, 6.07) is 11.8. The smallest absolute Gasteiger partial charge is 0.321 e. The van der Waals surface area contributed by atoms with Gasteiger partial charge in [0.25, 0.3) is 0 Å². The molecule has 2 heterocycles. The number of carbonyl (C=O) groups is 1. The van der Waals surface area contributed by atoms with Gasteiger partial charge in [0, 0.05) is 57.9 Å². The highest BCUT2D eigenvalue weighted by atomic mass is 16.5. The first-order chi connectivity index (χ1) is 13.7. The number of nitrogens with one attached hydrogen (secondary N) is 1. The van der Waals surface area contributed by atoms with Gasteiger partial charge in [-0.25, -0.2) is 4.79 Å². The van der Waals surface area contributed by atoms with Crippen molar-refractivity contribution in [3.05, 3.63) is 59.9 Å². The number of ether oxygens (including phenoxy) is 2. The summed E-state index contributed by atoms with van der Waals surface area (Å²) in [5, 5.41) is 3.00. The Morgan fingerprint density at radius 3 is 2.61 bits per heavy atom. The van der Waals surface area contributed by atoms with Crippen LogP contribution < -0.4 is 5.32 Å². The zero-order valence-electron chi connectivity index (χ0n) is 16.3. The number of hydrogen-bond acceptors (Lipinski definition) is 5. The van der Waals surface area contributed by atoms with E-state index >= 15 is 0 Å². The molecule has 0 bridgehead atoms. The number of anilines is 1. The minimum atomic E-state index is -0.0546. The topological polar surface area (TPSA) is 66.9 Å². The van der Waals surface area contributed by atoms with Crippen LogP contribution in [-0.2, 0) is 22.6 Å². The molecule has 7 nitrogen and oxygen atoms in total. The molecule has 1 N–H and O–H groups in total. The highest BCUT2D eigenvalue weighted by Gasteiger charge is 2.21. The predicted octanol–water partition coefficient (Wildman–Crippen LogP) is 2.59. The predicted molar refractivity (Wildman–Crippen MR) is 108 cm³/mol. The van der Waals surface area contributed by atoms with Crippen LogP contribution in [0.25, 0.3) is 0 Å². The second kappa shape index (κ2) is 10.8. The van der Waals surface area contributed by atoms with Crippen LogP contribution in [0.2, 0.25) is 0 Å². The fourth-order valence-corrected chi connectivity index (χ4v) is 3.13. The van der Waals surface area contributed by atoms with Crippen LogP contribution in [0.1, 0.15) is 11.1 Å². The lowest BCUT2D eigenvalue weighted by Crippen LogP contribution is -2.49. The fraction of sp³-hybridized carbons (Fsp3) is 0.429. The molecule has 1 aromatic heterocycles. The minimum absolute atomic E-state index is 0.0546. The Morgan fingerprint density at radius 2 is 1.86 bits per heavy atom. The molecule has 0 radical (unpaired) electrons. The standard InChI is InChI=1S/C21H28N4O3/c1-27-13-14-28-17-19-3-2-4-20(15-19)23-21(26)25-11-9-24(10-12-25)16-18-5-7-22-8-6-18/h2-8,15H,9-14,16-17H2,1H3,(H,23,26). The average molecular weight is 384 g/mol. The molecule has 2 aromatic rings. The summed E-state index contributed by atoms with van der Waals surface area (Å²) in [6.07, 6.45) is 3.63. The van der Waals surface area contributed by atoms with Crippen LogP contribution in [0, 0.1) is 0 Å². The molecule has 0 saturated carbocycles. The summed E-state index contributed by atoms with van der Waals surface area (Å²) in [6.45, 7) is 5.68. The van der Waals surface area contributed by atoms with Crippen molar-refractivity contribution >= 4 is 11.7 Å². The number of hydrogen-bond donors (Lipinski definition) is 1. The van der Waals surface area contributed by atoms with E-state index < -0.39 is 0 Å². The molecule has 1 fully saturated rings. The highest BCUT2D eigenvalue weighted by molar-refractivity contribution is 5.89. The van der Waals surface area contributed by atoms with Crippen molar-refractivity contribution in [1.82, 2.24) is 14.8 Å². The Balaban J connectivity index is 1.44. The lowest BCUT2D eigenvalue weighted by atomic mass is 10.2. The van der Waals surface area contributed by atoms with Crippen molar-refractivity contribution in [2.75, 3.05) is 51.8 Å². The number of methoxy groups -OCH3 is 1. The van der Waals surface area contributed by atoms with Crippen molar-refractivity contribution in [2.24, 2.45) is 0 Å². The number of rotatable bonds is 8. The molecule has 0 unspecified atom stereocenters. The largest absolute Gasteiger partial charge is 0.382 e. The van der Waals surface area contributed by atoms with E-state index in [1.165, 1.54) is 5.56 Å². The van der Waals surface area contributed by atoms with E-state index in [0.29, 0.717) is 19.8 Å².